The maximum atomic E-state index is 13.5. The fraction of sp³-hybridized carbons (Fsp3) is 0.276. The third-order valence-corrected chi connectivity index (χ3v) is 6.02. The summed E-state index contributed by atoms with van der Waals surface area (Å²) in [6.07, 6.45) is 0.943. The maximum absolute atomic E-state index is 13.5. The molecular weight excluding hydrogens is 408 g/mol. The Hall–Kier alpha value is -3.37. The van der Waals surface area contributed by atoms with Crippen molar-refractivity contribution in [3.05, 3.63) is 107 Å². The number of fused-ring (bicyclic) bond motifs is 1. The van der Waals surface area contributed by atoms with Gasteiger partial charge < -0.3 is 14.2 Å². The van der Waals surface area contributed by atoms with Gasteiger partial charge in [-0.05, 0) is 51.2 Å². The number of hydrogen-bond acceptors (Lipinski definition) is 3. The molecule has 4 rings (SSSR count). The number of aromatic nitrogens is 1. The first-order valence-electron chi connectivity index (χ1n) is 11.6. The first kappa shape index (κ1) is 22.8. The van der Waals surface area contributed by atoms with E-state index in [1.165, 1.54) is 0 Å². The van der Waals surface area contributed by atoms with Crippen LogP contribution >= 0.6 is 0 Å². The topological polar surface area (TPSA) is 34.5 Å². The van der Waals surface area contributed by atoms with Crippen LogP contribution in [-0.2, 0) is 11.3 Å². The van der Waals surface area contributed by atoms with Gasteiger partial charge in [-0.25, -0.2) is 4.79 Å². The van der Waals surface area contributed by atoms with Crippen molar-refractivity contribution in [3.8, 4) is 0 Å². The minimum atomic E-state index is -0.259. The quantitative estimate of drug-likeness (QED) is 0.302. The molecule has 0 unspecified atom stereocenters. The summed E-state index contributed by atoms with van der Waals surface area (Å²) in [4.78, 5) is 15.6. The van der Waals surface area contributed by atoms with E-state index >= 15 is 0 Å². The Morgan fingerprint density at radius 3 is 2.03 bits per heavy atom. The van der Waals surface area contributed by atoms with Gasteiger partial charge in [-0.15, -0.1) is 0 Å². The first-order chi connectivity index (χ1) is 16.1. The summed E-state index contributed by atoms with van der Waals surface area (Å²) in [7, 11) is 4.15. The lowest BCUT2D eigenvalue weighted by Crippen LogP contribution is -2.19. The normalized spacial score (nSPS) is 11.4. The summed E-state index contributed by atoms with van der Waals surface area (Å²) in [6, 6.07) is 29.2. The highest BCUT2D eigenvalue weighted by molar-refractivity contribution is 6.00. The minimum Gasteiger partial charge on any atom is -0.461 e. The number of nitrogens with zero attached hydrogens (tertiary/aromatic N) is 2. The van der Waals surface area contributed by atoms with Crippen LogP contribution in [0.3, 0.4) is 0 Å². The molecule has 0 spiro atoms. The van der Waals surface area contributed by atoms with Gasteiger partial charge in [0.1, 0.15) is 5.69 Å². The van der Waals surface area contributed by atoms with Crippen LogP contribution in [0.2, 0.25) is 0 Å². The SMILES string of the molecule is CCOC(=O)c1c(C(c2ccccc2)c2ccccc2)c2ccccc2n1CCCN(C)C. The predicted molar refractivity (Wildman–Crippen MR) is 135 cm³/mol. The molecule has 1 heterocycles. The zero-order valence-corrected chi connectivity index (χ0v) is 19.7. The Balaban J connectivity index is 2.00. The zero-order chi connectivity index (χ0) is 23.2. The molecule has 4 nitrogen and oxygen atoms in total. The number of benzene rings is 3. The standard InChI is InChI=1S/C29H32N2O2/c1-4-33-29(32)28-27(24-18-11-12-19-25(24)31(28)21-13-20-30(2)3)26(22-14-7-5-8-15-22)23-16-9-6-10-17-23/h5-12,14-19,26H,4,13,20-21H2,1-3H3. The summed E-state index contributed by atoms with van der Waals surface area (Å²) in [5.41, 5.74) is 5.07. The average Bonchev–Trinajstić information content (AvgIpc) is 3.15. The molecule has 170 valence electrons. The van der Waals surface area contributed by atoms with E-state index in [2.05, 4.69) is 90.3 Å². The molecule has 0 atom stereocenters. The third-order valence-electron chi connectivity index (χ3n) is 6.02. The van der Waals surface area contributed by atoms with E-state index in [1.54, 1.807) is 0 Å². The van der Waals surface area contributed by atoms with E-state index in [4.69, 9.17) is 4.74 Å². The molecule has 0 saturated heterocycles. The highest BCUT2D eigenvalue weighted by atomic mass is 16.5. The molecule has 0 aliphatic carbocycles. The minimum absolute atomic E-state index is 0.0770. The van der Waals surface area contributed by atoms with Gasteiger partial charge in [0.05, 0.1) is 6.61 Å². The fourth-order valence-electron chi connectivity index (χ4n) is 4.64. The number of rotatable bonds is 9. The molecule has 0 fully saturated rings. The summed E-state index contributed by atoms with van der Waals surface area (Å²) >= 11 is 0. The fourth-order valence-corrected chi connectivity index (χ4v) is 4.64. The Labute approximate surface area is 196 Å². The van der Waals surface area contributed by atoms with Crippen molar-refractivity contribution in [1.29, 1.82) is 0 Å². The van der Waals surface area contributed by atoms with Crippen LogP contribution in [0.15, 0.2) is 84.9 Å². The zero-order valence-electron chi connectivity index (χ0n) is 19.7. The van der Waals surface area contributed by atoms with Crippen molar-refractivity contribution in [3.63, 3.8) is 0 Å². The Kier molecular flexibility index (Phi) is 7.26. The highest BCUT2D eigenvalue weighted by Gasteiger charge is 2.30. The molecule has 3 aromatic carbocycles. The largest absolute Gasteiger partial charge is 0.461 e. The molecule has 1 aromatic heterocycles. The monoisotopic (exact) mass is 440 g/mol. The van der Waals surface area contributed by atoms with Crippen molar-refractivity contribution in [2.45, 2.75) is 25.8 Å². The number of para-hydroxylation sites is 1. The van der Waals surface area contributed by atoms with Gasteiger partial charge in [-0.2, -0.15) is 0 Å². The number of aryl methyl sites for hydroxylation is 1. The van der Waals surface area contributed by atoms with E-state index < -0.39 is 0 Å². The van der Waals surface area contributed by atoms with Gasteiger partial charge in [-0.1, -0.05) is 78.9 Å². The molecular formula is C29H32N2O2. The van der Waals surface area contributed by atoms with E-state index in [-0.39, 0.29) is 11.9 Å². The molecule has 0 aliphatic heterocycles. The molecule has 0 amide bonds. The average molecular weight is 441 g/mol. The lowest BCUT2D eigenvalue weighted by molar-refractivity contribution is 0.0512. The summed E-state index contributed by atoms with van der Waals surface area (Å²) in [6.45, 7) is 3.91. The van der Waals surface area contributed by atoms with Crippen molar-refractivity contribution in [1.82, 2.24) is 9.47 Å². The van der Waals surface area contributed by atoms with Crippen molar-refractivity contribution in [2.24, 2.45) is 0 Å². The second kappa shape index (κ2) is 10.5. The second-order valence-electron chi connectivity index (χ2n) is 8.56. The smallest absolute Gasteiger partial charge is 0.355 e. The molecule has 4 aromatic rings. The molecule has 0 saturated carbocycles. The van der Waals surface area contributed by atoms with Crippen LogP contribution in [0.5, 0.6) is 0 Å². The van der Waals surface area contributed by atoms with Crippen molar-refractivity contribution < 1.29 is 9.53 Å². The molecule has 0 radical (unpaired) electrons. The number of hydrogen-bond donors (Lipinski definition) is 0. The third kappa shape index (κ3) is 4.86. The molecule has 0 bridgehead atoms. The molecule has 33 heavy (non-hydrogen) atoms. The number of esters is 1. The van der Waals surface area contributed by atoms with Gasteiger partial charge in [0, 0.05) is 28.9 Å². The highest BCUT2D eigenvalue weighted by Crippen LogP contribution is 2.40. The molecule has 0 aliphatic rings. The number of carbonyl (C=O) groups is 1. The Morgan fingerprint density at radius 2 is 1.45 bits per heavy atom. The van der Waals surface area contributed by atoms with E-state index in [0.29, 0.717) is 12.3 Å². The van der Waals surface area contributed by atoms with Gasteiger partial charge >= 0.3 is 5.97 Å². The van der Waals surface area contributed by atoms with Crippen LogP contribution in [0.1, 0.15) is 46.4 Å². The maximum Gasteiger partial charge on any atom is 0.355 e. The van der Waals surface area contributed by atoms with E-state index in [1.807, 2.05) is 25.1 Å². The van der Waals surface area contributed by atoms with Gasteiger partial charge in [0.15, 0.2) is 0 Å². The Morgan fingerprint density at radius 1 is 0.879 bits per heavy atom. The van der Waals surface area contributed by atoms with Gasteiger partial charge in [-0.3, -0.25) is 0 Å². The molecule has 0 N–H and O–H groups in total. The summed E-state index contributed by atoms with van der Waals surface area (Å²) in [5.74, 6) is -0.336. The Bertz CT molecular complexity index is 1160. The van der Waals surface area contributed by atoms with Crippen LogP contribution in [-0.4, -0.2) is 42.7 Å². The van der Waals surface area contributed by atoms with Crippen LogP contribution < -0.4 is 0 Å². The first-order valence-corrected chi connectivity index (χ1v) is 11.6. The lowest BCUT2D eigenvalue weighted by Gasteiger charge is -2.20. The summed E-state index contributed by atoms with van der Waals surface area (Å²) < 4.78 is 7.79. The molecule has 4 heteroatoms. The second-order valence-corrected chi connectivity index (χ2v) is 8.56. The number of carbonyl (C=O) groups excluding carboxylic acids is 1. The number of ether oxygens (including phenoxy) is 1. The lowest BCUT2D eigenvalue weighted by atomic mass is 9.83. The van der Waals surface area contributed by atoms with Gasteiger partial charge in [0.2, 0.25) is 0 Å². The van der Waals surface area contributed by atoms with Gasteiger partial charge in [0.25, 0.3) is 0 Å². The van der Waals surface area contributed by atoms with E-state index in [0.717, 1.165) is 47.1 Å². The van der Waals surface area contributed by atoms with Crippen LogP contribution in [0.25, 0.3) is 10.9 Å². The van der Waals surface area contributed by atoms with Crippen molar-refractivity contribution >= 4 is 16.9 Å². The summed E-state index contributed by atoms with van der Waals surface area (Å²) in [5, 5.41) is 1.10. The van der Waals surface area contributed by atoms with Crippen molar-refractivity contribution in [2.75, 3.05) is 27.2 Å². The van der Waals surface area contributed by atoms with E-state index in [9.17, 15) is 4.79 Å². The van der Waals surface area contributed by atoms with Crippen LogP contribution in [0, 0.1) is 0 Å². The van der Waals surface area contributed by atoms with Crippen LogP contribution in [0.4, 0.5) is 0 Å². The predicted octanol–water partition coefficient (Wildman–Crippen LogP) is 5.95.